The number of carbonyl (C=O) groups is 1. The molecule has 0 aromatic heterocycles. The van der Waals surface area contributed by atoms with E-state index in [4.69, 9.17) is 10.00 Å². The third-order valence-corrected chi connectivity index (χ3v) is 4.19. The first-order valence-electron chi connectivity index (χ1n) is 4.75. The van der Waals surface area contributed by atoms with Gasteiger partial charge in [-0.15, -0.1) is 0 Å². The highest BCUT2D eigenvalue weighted by Gasteiger charge is 2.69. The van der Waals surface area contributed by atoms with E-state index >= 15 is 0 Å². The fourth-order valence-corrected chi connectivity index (χ4v) is 2.30. The maximum atomic E-state index is 11.6. The molecule has 1 aliphatic rings. The number of hydrogen-bond donors (Lipinski definition) is 0. The summed E-state index contributed by atoms with van der Waals surface area (Å²) in [6, 6.07) is 2.14. The average molecular weight is 195 g/mol. The van der Waals surface area contributed by atoms with Crippen LogP contribution in [-0.4, -0.2) is 13.1 Å². The van der Waals surface area contributed by atoms with Crippen LogP contribution in [0.2, 0.25) is 0 Å². The van der Waals surface area contributed by atoms with E-state index in [0.29, 0.717) is 6.42 Å². The molecular weight excluding hydrogens is 178 g/mol. The number of methoxy groups -OCH3 is 1. The van der Waals surface area contributed by atoms with Gasteiger partial charge in [0.1, 0.15) is 0 Å². The van der Waals surface area contributed by atoms with Crippen LogP contribution in [0.15, 0.2) is 0 Å². The van der Waals surface area contributed by atoms with Crippen molar-refractivity contribution < 1.29 is 9.53 Å². The van der Waals surface area contributed by atoms with Crippen molar-refractivity contribution in [1.82, 2.24) is 0 Å². The largest absolute Gasteiger partial charge is 0.468 e. The summed E-state index contributed by atoms with van der Waals surface area (Å²) in [5.74, 6) is -0.399. The van der Waals surface area contributed by atoms with Crippen molar-refractivity contribution in [3.63, 3.8) is 0 Å². The molecule has 0 spiro atoms. The molecule has 0 aliphatic heterocycles. The lowest BCUT2D eigenvalue weighted by molar-refractivity contribution is -0.193. The van der Waals surface area contributed by atoms with E-state index in [1.807, 2.05) is 13.8 Å². The second-order valence-electron chi connectivity index (χ2n) is 5.19. The van der Waals surface area contributed by atoms with Crippen molar-refractivity contribution in [2.24, 2.45) is 16.2 Å². The van der Waals surface area contributed by atoms with Crippen LogP contribution >= 0.6 is 0 Å². The maximum absolute atomic E-state index is 11.6. The Morgan fingerprint density at radius 3 is 2.07 bits per heavy atom. The minimum atomic E-state index is -0.953. The van der Waals surface area contributed by atoms with Gasteiger partial charge in [0.25, 0.3) is 0 Å². The van der Waals surface area contributed by atoms with Gasteiger partial charge < -0.3 is 4.74 Å². The Morgan fingerprint density at radius 1 is 1.36 bits per heavy atom. The van der Waals surface area contributed by atoms with Crippen LogP contribution in [-0.2, 0) is 9.53 Å². The highest BCUT2D eigenvalue weighted by Crippen LogP contribution is 2.67. The molecular formula is C11H17NO2. The van der Waals surface area contributed by atoms with Crippen LogP contribution in [0.4, 0.5) is 0 Å². The maximum Gasteiger partial charge on any atom is 0.326 e. The molecule has 1 rings (SSSR count). The van der Waals surface area contributed by atoms with E-state index in [-0.39, 0.29) is 10.8 Å². The van der Waals surface area contributed by atoms with Crippen molar-refractivity contribution in [3.8, 4) is 6.07 Å². The Morgan fingerprint density at radius 2 is 1.86 bits per heavy atom. The molecule has 14 heavy (non-hydrogen) atoms. The van der Waals surface area contributed by atoms with E-state index in [0.717, 1.165) is 0 Å². The van der Waals surface area contributed by atoms with Gasteiger partial charge in [0.15, 0.2) is 5.41 Å². The molecule has 0 amide bonds. The van der Waals surface area contributed by atoms with E-state index in [9.17, 15) is 4.79 Å². The van der Waals surface area contributed by atoms with Gasteiger partial charge in [0.05, 0.1) is 13.2 Å². The van der Waals surface area contributed by atoms with Gasteiger partial charge in [-0.3, -0.25) is 4.79 Å². The predicted molar refractivity (Wildman–Crippen MR) is 52.2 cm³/mol. The Balaban J connectivity index is 3.11. The van der Waals surface area contributed by atoms with Crippen molar-refractivity contribution in [2.45, 2.75) is 34.1 Å². The molecule has 0 saturated heterocycles. The number of rotatable bonds is 1. The van der Waals surface area contributed by atoms with Crippen LogP contribution in [0.25, 0.3) is 0 Å². The predicted octanol–water partition coefficient (Wildman–Crippen LogP) is 2.13. The molecule has 1 atom stereocenters. The highest BCUT2D eigenvalue weighted by molar-refractivity contribution is 5.83. The summed E-state index contributed by atoms with van der Waals surface area (Å²) in [6.07, 6.45) is 0.580. The van der Waals surface area contributed by atoms with Crippen molar-refractivity contribution >= 4 is 5.97 Å². The smallest absolute Gasteiger partial charge is 0.326 e. The Labute approximate surface area is 85.1 Å². The fourth-order valence-electron chi connectivity index (χ4n) is 2.30. The molecule has 0 bridgehead atoms. The normalized spacial score (nSPS) is 32.6. The minimum absolute atomic E-state index is 0.0108. The number of nitriles is 1. The summed E-state index contributed by atoms with van der Waals surface area (Å²) in [6.45, 7) is 8.06. The molecule has 0 radical (unpaired) electrons. The van der Waals surface area contributed by atoms with Gasteiger partial charge in [0, 0.05) is 0 Å². The van der Waals surface area contributed by atoms with Gasteiger partial charge >= 0.3 is 5.97 Å². The molecule has 1 saturated carbocycles. The van der Waals surface area contributed by atoms with E-state index in [1.54, 1.807) is 0 Å². The molecule has 78 valence electrons. The standard InChI is InChI=1S/C11H17NO2/c1-9(2)6-11(7-12,8(13)14-5)10(9,3)4/h6H2,1-5H3. The molecule has 1 aliphatic carbocycles. The van der Waals surface area contributed by atoms with Crippen LogP contribution in [0.5, 0.6) is 0 Å². The first-order chi connectivity index (χ1) is 6.25. The first kappa shape index (κ1) is 11.0. The lowest BCUT2D eigenvalue weighted by Gasteiger charge is -2.61. The first-order valence-corrected chi connectivity index (χ1v) is 4.75. The van der Waals surface area contributed by atoms with Crippen molar-refractivity contribution in [3.05, 3.63) is 0 Å². The average Bonchev–Trinajstić information content (AvgIpc) is 2.12. The van der Waals surface area contributed by atoms with Crippen LogP contribution < -0.4 is 0 Å². The van der Waals surface area contributed by atoms with E-state index in [1.165, 1.54) is 7.11 Å². The molecule has 0 aromatic carbocycles. The fraction of sp³-hybridized carbons (Fsp3) is 0.818. The zero-order chi connectivity index (χ0) is 11.2. The number of esters is 1. The number of carbonyl (C=O) groups excluding carboxylic acids is 1. The molecule has 0 aromatic rings. The minimum Gasteiger partial charge on any atom is -0.468 e. The Bertz CT molecular complexity index is 312. The summed E-state index contributed by atoms with van der Waals surface area (Å²) in [5.41, 5.74) is -1.27. The number of hydrogen-bond acceptors (Lipinski definition) is 3. The zero-order valence-electron chi connectivity index (χ0n) is 9.47. The zero-order valence-corrected chi connectivity index (χ0v) is 9.47. The third-order valence-electron chi connectivity index (χ3n) is 4.19. The third kappa shape index (κ3) is 0.943. The Hall–Kier alpha value is -1.04. The van der Waals surface area contributed by atoms with Gasteiger partial charge in [-0.1, -0.05) is 27.7 Å². The monoisotopic (exact) mass is 195 g/mol. The molecule has 0 N–H and O–H groups in total. The lowest BCUT2D eigenvalue weighted by atomic mass is 9.39. The topological polar surface area (TPSA) is 50.1 Å². The molecule has 0 heterocycles. The molecule has 1 fully saturated rings. The highest BCUT2D eigenvalue weighted by atomic mass is 16.5. The summed E-state index contributed by atoms with van der Waals surface area (Å²) in [4.78, 5) is 11.6. The molecule has 3 nitrogen and oxygen atoms in total. The van der Waals surface area contributed by atoms with Gasteiger partial charge in [-0.05, 0) is 17.3 Å². The SMILES string of the molecule is COC(=O)C1(C#N)CC(C)(C)C1(C)C. The Kier molecular flexibility index (Phi) is 2.15. The lowest BCUT2D eigenvalue weighted by Crippen LogP contribution is -2.63. The van der Waals surface area contributed by atoms with E-state index < -0.39 is 11.4 Å². The van der Waals surface area contributed by atoms with Crippen molar-refractivity contribution in [1.29, 1.82) is 5.26 Å². The van der Waals surface area contributed by atoms with E-state index in [2.05, 4.69) is 19.9 Å². The van der Waals surface area contributed by atoms with Gasteiger partial charge in [-0.2, -0.15) is 5.26 Å². The number of nitrogens with zero attached hydrogens (tertiary/aromatic N) is 1. The molecule has 3 heteroatoms. The second kappa shape index (κ2) is 2.73. The van der Waals surface area contributed by atoms with Gasteiger partial charge in [-0.25, -0.2) is 0 Å². The summed E-state index contributed by atoms with van der Waals surface area (Å²) < 4.78 is 4.72. The summed E-state index contributed by atoms with van der Waals surface area (Å²) in [5, 5.41) is 9.16. The molecule has 1 unspecified atom stereocenters. The number of ether oxygens (including phenoxy) is 1. The summed E-state index contributed by atoms with van der Waals surface area (Å²) in [7, 11) is 1.34. The van der Waals surface area contributed by atoms with Gasteiger partial charge in [0.2, 0.25) is 0 Å². The van der Waals surface area contributed by atoms with Crippen molar-refractivity contribution in [2.75, 3.05) is 7.11 Å². The second-order valence-corrected chi connectivity index (χ2v) is 5.19. The quantitative estimate of drug-likeness (QED) is 0.602. The van der Waals surface area contributed by atoms with Crippen LogP contribution in [0.1, 0.15) is 34.1 Å². The van der Waals surface area contributed by atoms with Crippen LogP contribution in [0, 0.1) is 27.6 Å². The van der Waals surface area contributed by atoms with Crippen LogP contribution in [0.3, 0.4) is 0 Å². The summed E-state index contributed by atoms with van der Waals surface area (Å²) >= 11 is 0.